The van der Waals surface area contributed by atoms with Crippen molar-refractivity contribution in [3.8, 4) is 0 Å². The fraction of sp³-hybridized carbons (Fsp3) is 0.0556. The molecule has 0 spiro atoms. The third-order valence-electron chi connectivity index (χ3n) is 3.16. The summed E-state index contributed by atoms with van der Waals surface area (Å²) < 4.78 is 1.08. The lowest BCUT2D eigenvalue weighted by Crippen LogP contribution is -1.84. The molecule has 98 valence electrons. The molecule has 1 nitrogen and oxygen atoms in total. The summed E-state index contributed by atoms with van der Waals surface area (Å²) in [5.74, 6) is 0. The molecule has 3 rings (SSSR count). The maximum absolute atomic E-state index is 4.66. The molecule has 2 heteroatoms. The molecule has 3 aromatic rings. The Labute approximate surface area is 127 Å². The molecule has 0 aliphatic carbocycles. The number of fused-ring (bicyclic) bond motifs is 1. The van der Waals surface area contributed by atoms with Crippen molar-refractivity contribution in [2.45, 2.75) is 6.92 Å². The van der Waals surface area contributed by atoms with Crippen LogP contribution in [0.4, 0.5) is 0 Å². The fourth-order valence-corrected chi connectivity index (χ4v) is 2.56. The van der Waals surface area contributed by atoms with Gasteiger partial charge in [-0.3, -0.25) is 0 Å². The minimum atomic E-state index is 0.973. The van der Waals surface area contributed by atoms with Gasteiger partial charge in [0.2, 0.25) is 0 Å². The van der Waals surface area contributed by atoms with Crippen molar-refractivity contribution in [1.29, 1.82) is 0 Å². The quantitative estimate of drug-likeness (QED) is 0.608. The molecule has 1 aromatic heterocycles. The zero-order valence-corrected chi connectivity index (χ0v) is 12.8. The van der Waals surface area contributed by atoms with E-state index < -0.39 is 0 Å². The molecule has 2 aromatic carbocycles. The average molecular weight is 324 g/mol. The SMILES string of the molecule is Cc1ccc2nc(/C=C/c3cccc(Br)c3)ccc2c1. The molecule has 0 saturated heterocycles. The smallest absolute Gasteiger partial charge is 0.0709 e. The lowest BCUT2D eigenvalue weighted by Gasteiger charge is -2.00. The van der Waals surface area contributed by atoms with E-state index in [2.05, 4.69) is 76.4 Å². The lowest BCUT2D eigenvalue weighted by molar-refractivity contribution is 1.36. The van der Waals surface area contributed by atoms with Crippen LogP contribution >= 0.6 is 15.9 Å². The molecular formula is C18H14BrN. The van der Waals surface area contributed by atoms with E-state index in [0.29, 0.717) is 0 Å². The maximum Gasteiger partial charge on any atom is 0.0709 e. The van der Waals surface area contributed by atoms with Crippen LogP contribution in [-0.2, 0) is 0 Å². The fourth-order valence-electron chi connectivity index (χ4n) is 2.15. The third-order valence-corrected chi connectivity index (χ3v) is 3.65. The molecule has 0 aliphatic heterocycles. The Morgan fingerprint density at radius 1 is 0.950 bits per heavy atom. The van der Waals surface area contributed by atoms with Crippen LogP contribution in [0.15, 0.2) is 59.1 Å². The minimum absolute atomic E-state index is 0.973. The van der Waals surface area contributed by atoms with Crippen LogP contribution in [0.3, 0.4) is 0 Å². The molecule has 0 unspecified atom stereocenters. The van der Waals surface area contributed by atoms with E-state index in [4.69, 9.17) is 0 Å². The predicted molar refractivity (Wildman–Crippen MR) is 89.6 cm³/mol. The molecule has 1 heterocycles. The Bertz CT molecular complexity index is 790. The normalized spacial score (nSPS) is 11.3. The number of hydrogen-bond acceptors (Lipinski definition) is 1. The number of hydrogen-bond donors (Lipinski definition) is 0. The molecule has 20 heavy (non-hydrogen) atoms. The zero-order chi connectivity index (χ0) is 13.9. The largest absolute Gasteiger partial charge is 0.248 e. The molecule has 0 fully saturated rings. The van der Waals surface area contributed by atoms with Crippen molar-refractivity contribution in [2.24, 2.45) is 0 Å². The van der Waals surface area contributed by atoms with Gasteiger partial charge in [-0.25, -0.2) is 4.98 Å². The lowest BCUT2D eigenvalue weighted by atomic mass is 10.1. The van der Waals surface area contributed by atoms with Gasteiger partial charge in [0.25, 0.3) is 0 Å². The van der Waals surface area contributed by atoms with E-state index in [0.717, 1.165) is 21.2 Å². The highest BCUT2D eigenvalue weighted by Gasteiger charge is 1.96. The van der Waals surface area contributed by atoms with Gasteiger partial charge in [0, 0.05) is 9.86 Å². The summed E-state index contributed by atoms with van der Waals surface area (Å²) >= 11 is 3.48. The summed E-state index contributed by atoms with van der Waals surface area (Å²) in [7, 11) is 0. The van der Waals surface area contributed by atoms with Crippen LogP contribution in [0.2, 0.25) is 0 Å². The molecule has 0 saturated carbocycles. The van der Waals surface area contributed by atoms with Gasteiger partial charge in [-0.15, -0.1) is 0 Å². The monoisotopic (exact) mass is 323 g/mol. The molecule has 0 aliphatic rings. The van der Waals surface area contributed by atoms with E-state index in [-0.39, 0.29) is 0 Å². The van der Waals surface area contributed by atoms with Crippen molar-refractivity contribution in [1.82, 2.24) is 4.98 Å². The van der Waals surface area contributed by atoms with E-state index in [1.165, 1.54) is 10.9 Å². The highest BCUT2D eigenvalue weighted by atomic mass is 79.9. The summed E-state index contributed by atoms with van der Waals surface area (Å²) in [5.41, 5.74) is 4.43. The molecule has 0 atom stereocenters. The maximum atomic E-state index is 4.66. The van der Waals surface area contributed by atoms with Crippen LogP contribution in [-0.4, -0.2) is 4.98 Å². The van der Waals surface area contributed by atoms with Crippen LogP contribution in [0, 0.1) is 6.92 Å². The number of aryl methyl sites for hydroxylation is 1. The second-order valence-corrected chi connectivity index (χ2v) is 5.74. The highest BCUT2D eigenvalue weighted by molar-refractivity contribution is 9.10. The number of nitrogens with zero attached hydrogens (tertiary/aromatic N) is 1. The van der Waals surface area contributed by atoms with E-state index >= 15 is 0 Å². The molecule has 0 bridgehead atoms. The van der Waals surface area contributed by atoms with Crippen molar-refractivity contribution in [3.63, 3.8) is 0 Å². The second kappa shape index (κ2) is 5.59. The van der Waals surface area contributed by atoms with E-state index in [1.807, 2.05) is 18.2 Å². The standard InChI is InChI=1S/C18H14BrN/c1-13-5-10-18-15(11-13)7-9-17(20-18)8-6-14-3-2-4-16(19)12-14/h2-12H,1H3/b8-6+. The third kappa shape index (κ3) is 2.97. The van der Waals surface area contributed by atoms with Crippen molar-refractivity contribution in [3.05, 3.63) is 75.9 Å². The second-order valence-electron chi connectivity index (χ2n) is 4.82. The van der Waals surface area contributed by atoms with Gasteiger partial charge in [-0.05, 0) is 48.9 Å². The Balaban J connectivity index is 1.93. The van der Waals surface area contributed by atoms with Crippen LogP contribution in [0.5, 0.6) is 0 Å². The topological polar surface area (TPSA) is 12.9 Å². The number of pyridine rings is 1. The number of halogens is 1. The first-order chi connectivity index (χ1) is 9.70. The van der Waals surface area contributed by atoms with Crippen LogP contribution in [0.1, 0.15) is 16.8 Å². The van der Waals surface area contributed by atoms with Gasteiger partial charge in [0.15, 0.2) is 0 Å². The zero-order valence-electron chi connectivity index (χ0n) is 11.2. The van der Waals surface area contributed by atoms with E-state index in [1.54, 1.807) is 0 Å². The minimum Gasteiger partial charge on any atom is -0.248 e. The van der Waals surface area contributed by atoms with Crippen molar-refractivity contribution < 1.29 is 0 Å². The molecule has 0 amide bonds. The summed E-state index contributed by atoms with van der Waals surface area (Å²) in [6.45, 7) is 2.10. The van der Waals surface area contributed by atoms with Gasteiger partial charge in [-0.1, -0.05) is 51.8 Å². The summed E-state index contributed by atoms with van der Waals surface area (Å²) in [6.07, 6.45) is 4.12. The molecule has 0 radical (unpaired) electrons. The van der Waals surface area contributed by atoms with Crippen LogP contribution < -0.4 is 0 Å². The highest BCUT2D eigenvalue weighted by Crippen LogP contribution is 2.17. The van der Waals surface area contributed by atoms with Crippen molar-refractivity contribution in [2.75, 3.05) is 0 Å². The summed E-state index contributed by atoms with van der Waals surface area (Å²) in [6, 6.07) is 18.7. The Kier molecular flexibility index (Phi) is 3.66. The first-order valence-electron chi connectivity index (χ1n) is 6.52. The van der Waals surface area contributed by atoms with Crippen molar-refractivity contribution >= 4 is 39.0 Å². The number of rotatable bonds is 2. The van der Waals surface area contributed by atoms with Gasteiger partial charge in [0.1, 0.15) is 0 Å². The molecule has 0 N–H and O–H groups in total. The first kappa shape index (κ1) is 13.1. The number of aromatic nitrogens is 1. The predicted octanol–water partition coefficient (Wildman–Crippen LogP) is 5.48. The van der Waals surface area contributed by atoms with Gasteiger partial charge in [-0.2, -0.15) is 0 Å². The number of benzene rings is 2. The first-order valence-corrected chi connectivity index (χ1v) is 7.31. The van der Waals surface area contributed by atoms with Gasteiger partial charge >= 0.3 is 0 Å². The van der Waals surface area contributed by atoms with Crippen LogP contribution in [0.25, 0.3) is 23.1 Å². The average Bonchev–Trinajstić information content (AvgIpc) is 2.45. The van der Waals surface area contributed by atoms with E-state index in [9.17, 15) is 0 Å². The van der Waals surface area contributed by atoms with Gasteiger partial charge in [0.05, 0.1) is 11.2 Å². The Morgan fingerprint density at radius 2 is 1.85 bits per heavy atom. The Hall–Kier alpha value is -1.93. The van der Waals surface area contributed by atoms with Gasteiger partial charge < -0.3 is 0 Å². The molecular weight excluding hydrogens is 310 g/mol. The Morgan fingerprint density at radius 3 is 2.70 bits per heavy atom. The summed E-state index contributed by atoms with van der Waals surface area (Å²) in [4.78, 5) is 4.66. The summed E-state index contributed by atoms with van der Waals surface area (Å²) in [5, 5.41) is 1.18.